The number of para-hydroxylation sites is 1. The fraction of sp³-hybridized carbons (Fsp3) is 0.316. The van der Waals surface area contributed by atoms with E-state index >= 15 is 0 Å². The number of benzene rings is 2. The summed E-state index contributed by atoms with van der Waals surface area (Å²) in [5.41, 5.74) is 3.42. The first kappa shape index (κ1) is 16.1. The third-order valence-corrected chi connectivity index (χ3v) is 6.91. The molecule has 0 saturated carbocycles. The van der Waals surface area contributed by atoms with Crippen molar-refractivity contribution in [2.24, 2.45) is 0 Å². The highest BCUT2D eigenvalue weighted by atomic mass is 32.2. The van der Waals surface area contributed by atoms with Gasteiger partial charge in [0.1, 0.15) is 0 Å². The van der Waals surface area contributed by atoms with Crippen LogP contribution in [0.2, 0.25) is 0 Å². The minimum absolute atomic E-state index is 0.0262. The normalized spacial score (nSPS) is 19.8. The lowest BCUT2D eigenvalue weighted by atomic mass is 9.99. The molecule has 0 unspecified atom stereocenters. The first-order valence-corrected chi connectivity index (χ1v) is 9.96. The number of anilines is 2. The van der Waals surface area contributed by atoms with Crippen LogP contribution >= 0.6 is 0 Å². The van der Waals surface area contributed by atoms with Gasteiger partial charge in [-0.2, -0.15) is 0 Å². The topological polar surface area (TPSA) is 66.5 Å². The van der Waals surface area contributed by atoms with Crippen molar-refractivity contribution in [2.75, 3.05) is 9.62 Å². The van der Waals surface area contributed by atoms with Crippen LogP contribution in [0.25, 0.3) is 0 Å². The molecule has 0 bridgehead atoms. The molecule has 5 nitrogen and oxygen atoms in total. The molecule has 0 radical (unpaired) electrons. The maximum absolute atomic E-state index is 13.3. The number of rotatable bonds is 2. The molecule has 4 rings (SSSR count). The molecule has 0 spiro atoms. The van der Waals surface area contributed by atoms with Crippen molar-refractivity contribution in [1.29, 1.82) is 0 Å². The molecule has 6 heteroatoms. The molecule has 1 amide bonds. The summed E-state index contributed by atoms with van der Waals surface area (Å²) in [5, 5.41) is 2.80. The molecule has 0 saturated heterocycles. The zero-order valence-corrected chi connectivity index (χ0v) is 14.8. The number of amides is 1. The highest BCUT2D eigenvalue weighted by Crippen LogP contribution is 2.36. The van der Waals surface area contributed by atoms with Gasteiger partial charge in [0.25, 0.3) is 10.0 Å². The molecule has 0 aromatic heterocycles. The SMILES string of the molecule is C[C@H]1CCc2ccccc2N1S(=O)(=O)c1ccc2c(c1)CCC(=O)N2. The minimum atomic E-state index is -3.65. The van der Waals surface area contributed by atoms with Crippen LogP contribution in [-0.4, -0.2) is 20.4 Å². The summed E-state index contributed by atoms with van der Waals surface area (Å²) in [5.74, 6) is -0.0262. The molecule has 2 heterocycles. The van der Waals surface area contributed by atoms with Crippen molar-refractivity contribution in [3.05, 3.63) is 53.6 Å². The van der Waals surface area contributed by atoms with Gasteiger partial charge in [-0.25, -0.2) is 8.42 Å². The Kier molecular flexibility index (Phi) is 3.80. The van der Waals surface area contributed by atoms with Gasteiger partial charge in [0, 0.05) is 18.2 Å². The van der Waals surface area contributed by atoms with E-state index in [1.807, 2.05) is 31.2 Å². The summed E-state index contributed by atoms with van der Waals surface area (Å²) in [6.45, 7) is 1.95. The third kappa shape index (κ3) is 2.70. The van der Waals surface area contributed by atoms with Crippen molar-refractivity contribution in [3.63, 3.8) is 0 Å². The van der Waals surface area contributed by atoms with E-state index in [9.17, 15) is 13.2 Å². The molecular formula is C19H20N2O3S. The molecule has 2 aliphatic heterocycles. The van der Waals surface area contributed by atoms with E-state index in [0.717, 1.165) is 29.7 Å². The molecule has 1 N–H and O–H groups in total. The maximum atomic E-state index is 13.3. The standard InChI is InChI=1S/C19H20N2O3S/c1-13-6-7-14-4-2-3-5-18(14)21(13)25(23,24)16-9-10-17-15(12-16)8-11-19(22)20-17/h2-5,9-10,12-13H,6-8,11H2,1H3,(H,20,22)/t13-/m0/s1. The monoisotopic (exact) mass is 356 g/mol. The minimum Gasteiger partial charge on any atom is -0.326 e. The van der Waals surface area contributed by atoms with Crippen molar-refractivity contribution in [1.82, 2.24) is 0 Å². The second-order valence-electron chi connectivity index (χ2n) is 6.68. The van der Waals surface area contributed by atoms with Gasteiger partial charge in [-0.15, -0.1) is 0 Å². The van der Waals surface area contributed by atoms with Crippen molar-refractivity contribution in [2.45, 2.75) is 43.5 Å². The lowest BCUT2D eigenvalue weighted by molar-refractivity contribution is -0.116. The number of hydrogen-bond acceptors (Lipinski definition) is 3. The predicted octanol–water partition coefficient (Wildman–Crippen LogP) is 3.10. The molecule has 0 fully saturated rings. The molecule has 2 aromatic carbocycles. The van der Waals surface area contributed by atoms with E-state index in [4.69, 9.17) is 0 Å². The van der Waals surface area contributed by atoms with E-state index in [1.54, 1.807) is 22.5 Å². The molecule has 1 atom stereocenters. The quantitative estimate of drug-likeness (QED) is 0.899. The highest BCUT2D eigenvalue weighted by molar-refractivity contribution is 7.92. The van der Waals surface area contributed by atoms with Crippen LogP contribution in [0.15, 0.2) is 47.4 Å². The van der Waals surface area contributed by atoms with E-state index < -0.39 is 10.0 Å². The number of fused-ring (bicyclic) bond motifs is 2. The smallest absolute Gasteiger partial charge is 0.264 e. The number of nitrogens with zero attached hydrogens (tertiary/aromatic N) is 1. The first-order chi connectivity index (χ1) is 12.0. The number of hydrogen-bond donors (Lipinski definition) is 1. The summed E-state index contributed by atoms with van der Waals surface area (Å²) in [4.78, 5) is 11.8. The maximum Gasteiger partial charge on any atom is 0.264 e. The van der Waals surface area contributed by atoms with Crippen molar-refractivity contribution < 1.29 is 13.2 Å². The van der Waals surface area contributed by atoms with E-state index in [0.29, 0.717) is 18.5 Å². The van der Waals surface area contributed by atoms with Crippen molar-refractivity contribution >= 4 is 27.3 Å². The number of nitrogens with one attached hydrogen (secondary N) is 1. The molecule has 2 aromatic rings. The average Bonchev–Trinajstić information content (AvgIpc) is 2.60. The fourth-order valence-corrected chi connectivity index (χ4v) is 5.43. The Bertz CT molecular complexity index is 953. The first-order valence-electron chi connectivity index (χ1n) is 8.52. The lowest BCUT2D eigenvalue weighted by Gasteiger charge is -2.36. The lowest BCUT2D eigenvalue weighted by Crippen LogP contribution is -2.42. The molecule has 2 aliphatic rings. The molecule has 25 heavy (non-hydrogen) atoms. The average molecular weight is 356 g/mol. The Morgan fingerprint density at radius 3 is 2.68 bits per heavy atom. The predicted molar refractivity (Wildman–Crippen MR) is 97.3 cm³/mol. The van der Waals surface area contributed by atoms with Gasteiger partial charge in [0.05, 0.1) is 10.6 Å². The second kappa shape index (κ2) is 5.88. The van der Waals surface area contributed by atoms with Crippen LogP contribution < -0.4 is 9.62 Å². The van der Waals surface area contributed by atoms with E-state index in [-0.39, 0.29) is 16.8 Å². The number of sulfonamides is 1. The number of carbonyl (C=O) groups is 1. The largest absolute Gasteiger partial charge is 0.326 e. The summed E-state index contributed by atoms with van der Waals surface area (Å²) in [7, 11) is -3.65. The Hall–Kier alpha value is -2.34. The van der Waals surface area contributed by atoms with Gasteiger partial charge in [0.2, 0.25) is 5.91 Å². The number of aryl methyl sites for hydroxylation is 2. The second-order valence-corrected chi connectivity index (χ2v) is 8.50. The molecule has 130 valence electrons. The van der Waals surface area contributed by atoms with Gasteiger partial charge >= 0.3 is 0 Å². The van der Waals surface area contributed by atoms with Gasteiger partial charge < -0.3 is 5.32 Å². The Balaban J connectivity index is 1.79. The Labute approximate surface area is 147 Å². The van der Waals surface area contributed by atoms with Crippen LogP contribution in [0.3, 0.4) is 0 Å². The summed E-state index contributed by atoms with van der Waals surface area (Å²) >= 11 is 0. The molecule has 0 aliphatic carbocycles. The van der Waals surface area contributed by atoms with Crippen molar-refractivity contribution in [3.8, 4) is 0 Å². The summed E-state index contributed by atoms with van der Waals surface area (Å²) in [6.07, 6.45) is 2.65. The summed E-state index contributed by atoms with van der Waals surface area (Å²) < 4.78 is 28.2. The van der Waals surface area contributed by atoms with Crippen LogP contribution in [0.1, 0.15) is 30.9 Å². The molecular weight excluding hydrogens is 336 g/mol. The van der Waals surface area contributed by atoms with Gasteiger partial charge in [-0.1, -0.05) is 18.2 Å². The Morgan fingerprint density at radius 2 is 1.84 bits per heavy atom. The van der Waals surface area contributed by atoms with Gasteiger partial charge in [-0.05, 0) is 61.6 Å². The number of carbonyl (C=O) groups excluding carboxylic acids is 1. The fourth-order valence-electron chi connectivity index (χ4n) is 3.66. The van der Waals surface area contributed by atoms with Crippen LogP contribution in [0.5, 0.6) is 0 Å². The van der Waals surface area contributed by atoms with Gasteiger partial charge in [0.15, 0.2) is 0 Å². The van der Waals surface area contributed by atoms with Crippen LogP contribution in [0, 0.1) is 0 Å². The Morgan fingerprint density at radius 1 is 1.04 bits per heavy atom. The van der Waals surface area contributed by atoms with Crippen LogP contribution in [-0.2, 0) is 27.7 Å². The van der Waals surface area contributed by atoms with E-state index in [1.165, 1.54) is 0 Å². The zero-order chi connectivity index (χ0) is 17.6. The van der Waals surface area contributed by atoms with E-state index in [2.05, 4.69) is 5.32 Å². The van der Waals surface area contributed by atoms with Crippen LogP contribution in [0.4, 0.5) is 11.4 Å². The summed E-state index contributed by atoms with van der Waals surface area (Å²) in [6, 6.07) is 12.6. The zero-order valence-electron chi connectivity index (χ0n) is 14.0. The highest BCUT2D eigenvalue weighted by Gasteiger charge is 2.34. The van der Waals surface area contributed by atoms with Gasteiger partial charge in [-0.3, -0.25) is 9.10 Å². The third-order valence-electron chi connectivity index (χ3n) is 4.99.